The van der Waals surface area contributed by atoms with Crippen molar-refractivity contribution in [2.75, 3.05) is 11.9 Å². The smallest absolute Gasteiger partial charge is 0.411 e. The first kappa shape index (κ1) is 15.1. The molecule has 1 aromatic heterocycles. The Morgan fingerprint density at radius 3 is 2.81 bits per heavy atom. The molecule has 0 aliphatic rings. The predicted octanol–water partition coefficient (Wildman–Crippen LogP) is 3.70. The molecule has 0 saturated carbocycles. The van der Waals surface area contributed by atoms with E-state index in [0.29, 0.717) is 23.8 Å². The summed E-state index contributed by atoms with van der Waals surface area (Å²) in [7, 11) is 0. The Kier molecular flexibility index (Phi) is 4.62. The fourth-order valence-electron chi connectivity index (χ4n) is 1.94. The standard InChI is InChI=1S/C16H19NO4/c1-10(2)6-7-20-16(19)17-12-4-5-13-11(3)8-15(18)21-14(13)9-12/h4-5,8-10H,6-7H2,1-3H3,(H,17,19). The van der Waals surface area contributed by atoms with Gasteiger partial charge in [0.1, 0.15) is 5.58 Å². The van der Waals surface area contributed by atoms with E-state index in [9.17, 15) is 9.59 Å². The van der Waals surface area contributed by atoms with Crippen molar-refractivity contribution in [3.63, 3.8) is 0 Å². The topological polar surface area (TPSA) is 68.5 Å². The van der Waals surface area contributed by atoms with Crippen LogP contribution in [0.3, 0.4) is 0 Å². The highest BCUT2D eigenvalue weighted by Gasteiger charge is 2.07. The molecule has 0 radical (unpaired) electrons. The van der Waals surface area contributed by atoms with E-state index < -0.39 is 11.7 Å². The maximum atomic E-state index is 11.6. The van der Waals surface area contributed by atoms with Crippen LogP contribution in [0.5, 0.6) is 0 Å². The van der Waals surface area contributed by atoms with Crippen molar-refractivity contribution in [3.8, 4) is 0 Å². The summed E-state index contributed by atoms with van der Waals surface area (Å²) in [5.41, 5.74) is 1.41. The van der Waals surface area contributed by atoms with Crippen LogP contribution in [0.15, 0.2) is 33.5 Å². The number of benzene rings is 1. The zero-order valence-corrected chi connectivity index (χ0v) is 12.4. The molecule has 112 valence electrons. The SMILES string of the molecule is Cc1cc(=O)oc2cc(NC(=O)OCCC(C)C)ccc12. The van der Waals surface area contributed by atoms with Crippen LogP contribution < -0.4 is 10.9 Å². The van der Waals surface area contributed by atoms with E-state index in [1.165, 1.54) is 6.07 Å². The highest BCUT2D eigenvalue weighted by atomic mass is 16.5. The van der Waals surface area contributed by atoms with Crippen LogP contribution in [0.2, 0.25) is 0 Å². The van der Waals surface area contributed by atoms with Crippen molar-refractivity contribution in [1.82, 2.24) is 0 Å². The summed E-state index contributed by atoms with van der Waals surface area (Å²) in [6, 6.07) is 6.61. The molecule has 1 heterocycles. The van der Waals surface area contributed by atoms with Crippen LogP contribution in [-0.2, 0) is 4.74 Å². The monoisotopic (exact) mass is 289 g/mol. The maximum absolute atomic E-state index is 11.6. The van der Waals surface area contributed by atoms with Gasteiger partial charge in [-0.1, -0.05) is 13.8 Å². The van der Waals surface area contributed by atoms with E-state index in [2.05, 4.69) is 19.2 Å². The lowest BCUT2D eigenvalue weighted by atomic mass is 10.1. The Bertz CT molecular complexity index is 703. The number of rotatable bonds is 4. The minimum Gasteiger partial charge on any atom is -0.449 e. The van der Waals surface area contributed by atoms with Crippen molar-refractivity contribution in [2.45, 2.75) is 27.2 Å². The van der Waals surface area contributed by atoms with Crippen LogP contribution in [0.4, 0.5) is 10.5 Å². The molecular weight excluding hydrogens is 270 g/mol. The summed E-state index contributed by atoms with van der Waals surface area (Å²) in [6.07, 6.45) is 0.309. The Balaban J connectivity index is 2.09. The van der Waals surface area contributed by atoms with Crippen LogP contribution >= 0.6 is 0 Å². The number of hydrogen-bond donors (Lipinski definition) is 1. The van der Waals surface area contributed by atoms with Gasteiger partial charge in [-0.3, -0.25) is 5.32 Å². The fourth-order valence-corrected chi connectivity index (χ4v) is 1.94. The van der Waals surface area contributed by atoms with Crippen molar-refractivity contribution < 1.29 is 13.9 Å². The van der Waals surface area contributed by atoms with Crippen LogP contribution in [0.1, 0.15) is 25.8 Å². The number of amides is 1. The van der Waals surface area contributed by atoms with Crippen molar-refractivity contribution in [1.29, 1.82) is 0 Å². The fraction of sp³-hybridized carbons (Fsp3) is 0.375. The van der Waals surface area contributed by atoms with E-state index in [-0.39, 0.29) is 0 Å². The van der Waals surface area contributed by atoms with Crippen molar-refractivity contribution >= 4 is 22.7 Å². The van der Waals surface area contributed by atoms with E-state index in [4.69, 9.17) is 9.15 Å². The van der Waals surface area contributed by atoms with Gasteiger partial charge >= 0.3 is 11.7 Å². The van der Waals surface area contributed by atoms with E-state index >= 15 is 0 Å². The second-order valence-electron chi connectivity index (χ2n) is 5.40. The van der Waals surface area contributed by atoms with Crippen LogP contribution in [0.25, 0.3) is 11.0 Å². The number of carbonyl (C=O) groups is 1. The summed E-state index contributed by atoms with van der Waals surface area (Å²) < 4.78 is 10.2. The number of anilines is 1. The van der Waals surface area contributed by atoms with E-state index in [1.54, 1.807) is 18.2 Å². The van der Waals surface area contributed by atoms with Crippen molar-refractivity contribution in [3.05, 3.63) is 40.2 Å². The highest BCUT2D eigenvalue weighted by Crippen LogP contribution is 2.20. The first-order chi connectivity index (χ1) is 9.95. The van der Waals surface area contributed by atoms with Crippen LogP contribution in [0, 0.1) is 12.8 Å². The molecule has 5 heteroatoms. The van der Waals surface area contributed by atoms with Gasteiger partial charge in [-0.15, -0.1) is 0 Å². The van der Waals surface area contributed by atoms with Gasteiger partial charge in [0, 0.05) is 23.2 Å². The molecule has 0 aliphatic carbocycles. The lowest BCUT2D eigenvalue weighted by molar-refractivity contribution is 0.155. The third-order valence-corrected chi connectivity index (χ3v) is 3.13. The third kappa shape index (κ3) is 4.08. The Morgan fingerprint density at radius 1 is 1.33 bits per heavy atom. The van der Waals surface area contributed by atoms with Gasteiger partial charge in [-0.2, -0.15) is 0 Å². The number of carbonyl (C=O) groups excluding carboxylic acids is 1. The molecule has 1 N–H and O–H groups in total. The molecule has 0 saturated heterocycles. The van der Waals surface area contributed by atoms with Gasteiger partial charge in [-0.25, -0.2) is 9.59 Å². The van der Waals surface area contributed by atoms with Gasteiger partial charge in [0.25, 0.3) is 0 Å². The number of fused-ring (bicyclic) bond motifs is 1. The largest absolute Gasteiger partial charge is 0.449 e. The minimum absolute atomic E-state index is 0.380. The molecule has 1 amide bonds. The average molecular weight is 289 g/mol. The normalized spacial score (nSPS) is 10.9. The van der Waals surface area contributed by atoms with Crippen LogP contribution in [-0.4, -0.2) is 12.7 Å². The number of nitrogens with one attached hydrogen (secondary N) is 1. The van der Waals surface area contributed by atoms with E-state index in [0.717, 1.165) is 17.4 Å². The molecular formula is C16H19NO4. The first-order valence-electron chi connectivity index (χ1n) is 6.94. The highest BCUT2D eigenvalue weighted by molar-refractivity contribution is 5.89. The van der Waals surface area contributed by atoms with Gasteiger partial charge in [0.2, 0.25) is 0 Å². The second kappa shape index (κ2) is 6.43. The summed E-state index contributed by atoms with van der Waals surface area (Å²) in [5.74, 6) is 0.482. The number of aryl methyl sites for hydroxylation is 1. The number of ether oxygens (including phenoxy) is 1. The molecule has 0 bridgehead atoms. The molecule has 0 aliphatic heterocycles. The molecule has 21 heavy (non-hydrogen) atoms. The van der Waals surface area contributed by atoms with Gasteiger partial charge < -0.3 is 9.15 Å². The molecule has 2 aromatic rings. The summed E-state index contributed by atoms with van der Waals surface area (Å²) in [4.78, 5) is 23.0. The van der Waals surface area contributed by atoms with Crippen molar-refractivity contribution in [2.24, 2.45) is 5.92 Å². The summed E-state index contributed by atoms with van der Waals surface area (Å²) >= 11 is 0. The van der Waals surface area contributed by atoms with Gasteiger partial charge in [-0.05, 0) is 37.0 Å². The predicted molar refractivity (Wildman–Crippen MR) is 81.6 cm³/mol. The minimum atomic E-state index is -0.509. The zero-order valence-electron chi connectivity index (χ0n) is 12.4. The Morgan fingerprint density at radius 2 is 2.10 bits per heavy atom. The quantitative estimate of drug-likeness (QED) is 0.871. The third-order valence-electron chi connectivity index (χ3n) is 3.13. The maximum Gasteiger partial charge on any atom is 0.411 e. The lowest BCUT2D eigenvalue weighted by Crippen LogP contribution is -2.15. The molecule has 1 aromatic carbocycles. The summed E-state index contributed by atoms with van der Waals surface area (Å²) in [5, 5.41) is 3.46. The molecule has 5 nitrogen and oxygen atoms in total. The number of hydrogen-bond acceptors (Lipinski definition) is 4. The lowest BCUT2D eigenvalue weighted by Gasteiger charge is -2.09. The average Bonchev–Trinajstić information content (AvgIpc) is 2.37. The molecule has 2 rings (SSSR count). The Labute approximate surface area is 122 Å². The van der Waals surface area contributed by atoms with E-state index in [1.807, 2.05) is 6.92 Å². The molecule has 0 spiro atoms. The van der Waals surface area contributed by atoms with Gasteiger partial charge in [0.05, 0.1) is 6.61 Å². The second-order valence-corrected chi connectivity index (χ2v) is 5.40. The molecule has 0 atom stereocenters. The first-order valence-corrected chi connectivity index (χ1v) is 6.94. The molecule has 0 unspecified atom stereocenters. The van der Waals surface area contributed by atoms with Gasteiger partial charge in [0.15, 0.2) is 0 Å². The zero-order chi connectivity index (χ0) is 15.4. The Hall–Kier alpha value is -2.30. The molecule has 0 fully saturated rings. The summed E-state index contributed by atoms with van der Waals surface area (Å²) in [6.45, 7) is 6.35.